The van der Waals surface area contributed by atoms with E-state index in [0.29, 0.717) is 11.8 Å². The Morgan fingerprint density at radius 1 is 1.44 bits per heavy atom. The van der Waals surface area contributed by atoms with Crippen LogP contribution in [0.3, 0.4) is 0 Å². The van der Waals surface area contributed by atoms with Gasteiger partial charge in [-0.1, -0.05) is 6.42 Å². The molecule has 0 saturated heterocycles. The first-order chi connectivity index (χ1) is 7.81. The van der Waals surface area contributed by atoms with Gasteiger partial charge in [0.25, 0.3) is 0 Å². The van der Waals surface area contributed by atoms with E-state index in [1.54, 1.807) is 11.3 Å². The third-order valence-corrected chi connectivity index (χ3v) is 5.28. The molecule has 1 aromatic heterocycles. The molecule has 2 unspecified atom stereocenters. The molecule has 2 rings (SSSR count). The molecule has 0 spiro atoms. The maximum absolute atomic E-state index is 5.80. The molecule has 0 amide bonds. The van der Waals surface area contributed by atoms with Gasteiger partial charge < -0.3 is 10.5 Å². The smallest absolute Gasteiger partial charge is 0.0820 e. The number of hydrogen-bond acceptors (Lipinski definition) is 3. The molecule has 90 valence electrons. The molecule has 1 aliphatic rings. The molecule has 0 bridgehead atoms. The summed E-state index contributed by atoms with van der Waals surface area (Å²) in [6, 6.07) is 2.07. The van der Waals surface area contributed by atoms with Crippen molar-refractivity contribution in [1.82, 2.24) is 0 Å². The summed E-state index contributed by atoms with van der Waals surface area (Å²) >= 11 is 5.26. The van der Waals surface area contributed by atoms with E-state index in [-0.39, 0.29) is 0 Å². The summed E-state index contributed by atoms with van der Waals surface area (Å²) in [4.78, 5) is 1.28. The molecule has 16 heavy (non-hydrogen) atoms. The van der Waals surface area contributed by atoms with Crippen LogP contribution in [0, 0.1) is 11.8 Å². The van der Waals surface area contributed by atoms with E-state index in [2.05, 4.69) is 27.4 Å². The van der Waals surface area contributed by atoms with Crippen molar-refractivity contribution in [1.29, 1.82) is 0 Å². The van der Waals surface area contributed by atoms with Crippen molar-refractivity contribution in [3.05, 3.63) is 20.8 Å². The van der Waals surface area contributed by atoms with E-state index in [0.717, 1.165) is 19.8 Å². The lowest BCUT2D eigenvalue weighted by Gasteiger charge is -2.17. The lowest BCUT2D eigenvalue weighted by atomic mass is 9.97. The zero-order valence-corrected chi connectivity index (χ0v) is 11.7. The van der Waals surface area contributed by atoms with Gasteiger partial charge in [0, 0.05) is 9.35 Å². The average Bonchev–Trinajstić information content (AvgIpc) is 2.88. The van der Waals surface area contributed by atoms with Crippen molar-refractivity contribution < 1.29 is 4.74 Å². The lowest BCUT2D eigenvalue weighted by molar-refractivity contribution is 0.0767. The average molecular weight is 304 g/mol. The van der Waals surface area contributed by atoms with Gasteiger partial charge in [-0.2, -0.15) is 0 Å². The fourth-order valence-electron chi connectivity index (χ4n) is 2.37. The predicted octanol–water partition coefficient (Wildman–Crippen LogP) is 3.40. The van der Waals surface area contributed by atoms with Crippen molar-refractivity contribution in [2.45, 2.75) is 25.9 Å². The highest BCUT2D eigenvalue weighted by Crippen LogP contribution is 2.31. The van der Waals surface area contributed by atoms with Crippen molar-refractivity contribution >= 4 is 27.3 Å². The first-order valence-electron chi connectivity index (χ1n) is 5.81. The fourth-order valence-corrected chi connectivity index (χ4v) is 3.78. The zero-order chi connectivity index (χ0) is 11.4. The van der Waals surface area contributed by atoms with Gasteiger partial charge >= 0.3 is 0 Å². The Bertz CT molecular complexity index is 329. The van der Waals surface area contributed by atoms with E-state index < -0.39 is 0 Å². The molecule has 1 aliphatic carbocycles. The standard InChI is InChI=1S/C12H18BrNOS/c13-11-4-5-16-12(11)8-15-7-10-3-1-2-9(10)6-14/h4-5,9-10H,1-3,6-8,14H2. The van der Waals surface area contributed by atoms with Gasteiger partial charge in [0.2, 0.25) is 0 Å². The van der Waals surface area contributed by atoms with E-state index in [1.807, 2.05) is 0 Å². The summed E-state index contributed by atoms with van der Waals surface area (Å²) in [6.45, 7) is 2.41. The monoisotopic (exact) mass is 303 g/mol. The molecular formula is C12H18BrNOS. The van der Waals surface area contributed by atoms with Crippen LogP contribution in [-0.2, 0) is 11.3 Å². The molecular weight excluding hydrogens is 286 g/mol. The van der Waals surface area contributed by atoms with Crippen LogP contribution in [0.25, 0.3) is 0 Å². The van der Waals surface area contributed by atoms with Crippen LogP contribution in [0.4, 0.5) is 0 Å². The summed E-state index contributed by atoms with van der Waals surface area (Å²) in [7, 11) is 0. The van der Waals surface area contributed by atoms with Crippen LogP contribution in [-0.4, -0.2) is 13.2 Å². The normalized spacial score (nSPS) is 25.1. The maximum atomic E-state index is 5.80. The summed E-state index contributed by atoms with van der Waals surface area (Å²) in [6.07, 6.45) is 3.89. The molecule has 2 N–H and O–H groups in total. The highest BCUT2D eigenvalue weighted by Gasteiger charge is 2.25. The number of halogens is 1. The summed E-state index contributed by atoms with van der Waals surface area (Å²) in [5.41, 5.74) is 5.75. The minimum atomic E-state index is 0.684. The second-order valence-electron chi connectivity index (χ2n) is 4.39. The molecule has 1 aromatic rings. The topological polar surface area (TPSA) is 35.2 Å². The third kappa shape index (κ3) is 3.06. The molecule has 2 nitrogen and oxygen atoms in total. The summed E-state index contributed by atoms with van der Waals surface area (Å²) in [5.74, 6) is 1.37. The predicted molar refractivity (Wildman–Crippen MR) is 71.6 cm³/mol. The maximum Gasteiger partial charge on any atom is 0.0820 e. The largest absolute Gasteiger partial charge is 0.376 e. The first kappa shape index (κ1) is 12.6. The van der Waals surface area contributed by atoms with Gasteiger partial charge in [-0.15, -0.1) is 11.3 Å². The van der Waals surface area contributed by atoms with Gasteiger partial charge in [0.15, 0.2) is 0 Å². The van der Waals surface area contributed by atoms with Crippen LogP contribution in [0.15, 0.2) is 15.9 Å². The van der Waals surface area contributed by atoms with Gasteiger partial charge in [0.1, 0.15) is 0 Å². The molecule has 1 saturated carbocycles. The van der Waals surface area contributed by atoms with Crippen molar-refractivity contribution in [3.63, 3.8) is 0 Å². The van der Waals surface area contributed by atoms with Crippen LogP contribution >= 0.6 is 27.3 Å². The second kappa shape index (κ2) is 6.15. The molecule has 2 atom stereocenters. The second-order valence-corrected chi connectivity index (χ2v) is 6.25. The van der Waals surface area contributed by atoms with Gasteiger partial charge in [-0.3, -0.25) is 0 Å². The van der Waals surface area contributed by atoms with Crippen molar-refractivity contribution in [2.75, 3.05) is 13.2 Å². The van der Waals surface area contributed by atoms with E-state index >= 15 is 0 Å². The molecule has 0 aromatic carbocycles. The Morgan fingerprint density at radius 2 is 2.25 bits per heavy atom. The molecule has 1 fully saturated rings. The van der Waals surface area contributed by atoms with Crippen LogP contribution < -0.4 is 5.73 Å². The van der Waals surface area contributed by atoms with E-state index in [4.69, 9.17) is 10.5 Å². The minimum Gasteiger partial charge on any atom is -0.376 e. The molecule has 0 aliphatic heterocycles. The highest BCUT2D eigenvalue weighted by atomic mass is 79.9. The van der Waals surface area contributed by atoms with Crippen molar-refractivity contribution in [3.8, 4) is 0 Å². The number of ether oxygens (including phenoxy) is 1. The quantitative estimate of drug-likeness (QED) is 0.905. The van der Waals surface area contributed by atoms with Gasteiger partial charge in [0.05, 0.1) is 13.2 Å². The van der Waals surface area contributed by atoms with Crippen molar-refractivity contribution in [2.24, 2.45) is 17.6 Å². The molecule has 0 radical (unpaired) electrons. The van der Waals surface area contributed by atoms with Gasteiger partial charge in [-0.25, -0.2) is 0 Å². The SMILES string of the molecule is NCC1CCCC1COCc1sccc1Br. The Hall–Kier alpha value is 0.100. The third-order valence-electron chi connectivity index (χ3n) is 3.38. The van der Waals surface area contributed by atoms with Crippen LogP contribution in [0.2, 0.25) is 0 Å². The van der Waals surface area contributed by atoms with Crippen LogP contribution in [0.5, 0.6) is 0 Å². The summed E-state index contributed by atoms with van der Waals surface area (Å²) in [5, 5.41) is 2.08. The van der Waals surface area contributed by atoms with Crippen LogP contribution in [0.1, 0.15) is 24.1 Å². The number of nitrogens with two attached hydrogens (primary N) is 1. The lowest BCUT2D eigenvalue weighted by Crippen LogP contribution is -2.22. The fraction of sp³-hybridized carbons (Fsp3) is 0.667. The number of hydrogen-bond donors (Lipinski definition) is 1. The molecule has 4 heteroatoms. The Morgan fingerprint density at radius 3 is 2.94 bits per heavy atom. The Labute approximate surface area is 109 Å². The summed E-state index contributed by atoms with van der Waals surface area (Å²) < 4.78 is 6.97. The molecule has 1 heterocycles. The highest BCUT2D eigenvalue weighted by molar-refractivity contribution is 9.10. The minimum absolute atomic E-state index is 0.684. The number of rotatable bonds is 5. The Kier molecular flexibility index (Phi) is 4.82. The zero-order valence-electron chi connectivity index (χ0n) is 9.32. The van der Waals surface area contributed by atoms with Gasteiger partial charge in [-0.05, 0) is 58.6 Å². The Balaban J connectivity index is 1.74. The van der Waals surface area contributed by atoms with E-state index in [9.17, 15) is 0 Å². The number of thiophene rings is 1. The van der Waals surface area contributed by atoms with E-state index in [1.165, 1.54) is 28.6 Å². The first-order valence-corrected chi connectivity index (χ1v) is 7.48.